The molecule has 0 aliphatic carbocycles. The van der Waals surface area contributed by atoms with Crippen LogP contribution in [0.15, 0.2) is 36.7 Å². The maximum absolute atomic E-state index is 5.89. The molecule has 0 aliphatic heterocycles. The molecular formula is C15H20ClN3. The van der Waals surface area contributed by atoms with Gasteiger partial charge >= 0.3 is 0 Å². The molecule has 0 amide bonds. The van der Waals surface area contributed by atoms with Gasteiger partial charge in [0.05, 0.1) is 0 Å². The molecule has 1 aromatic carbocycles. The van der Waals surface area contributed by atoms with Gasteiger partial charge in [-0.05, 0) is 43.0 Å². The van der Waals surface area contributed by atoms with Crippen LogP contribution in [-0.2, 0) is 19.9 Å². The number of aromatic nitrogens is 2. The van der Waals surface area contributed by atoms with Crippen molar-refractivity contribution >= 4 is 11.6 Å². The third-order valence-corrected chi connectivity index (χ3v) is 3.72. The molecule has 1 unspecified atom stereocenters. The number of nitrogens with zero attached hydrogens (tertiary/aromatic N) is 2. The largest absolute Gasteiger partial charge is 0.338 e. The predicted molar refractivity (Wildman–Crippen MR) is 79.2 cm³/mol. The molecule has 1 aromatic heterocycles. The van der Waals surface area contributed by atoms with E-state index in [4.69, 9.17) is 17.3 Å². The van der Waals surface area contributed by atoms with Crippen molar-refractivity contribution in [2.45, 2.75) is 19.3 Å². The molecular weight excluding hydrogens is 258 g/mol. The van der Waals surface area contributed by atoms with Crippen molar-refractivity contribution < 1.29 is 0 Å². The molecule has 2 rings (SSSR count). The standard InChI is InChI=1S/C15H20ClN3/c1-19-9-8-18-15(19)7-4-13(11-17)10-12-2-5-14(16)6-3-12/h2-3,5-6,8-9,13H,4,7,10-11,17H2,1H3. The highest BCUT2D eigenvalue weighted by molar-refractivity contribution is 6.30. The van der Waals surface area contributed by atoms with Gasteiger partial charge in [0.2, 0.25) is 0 Å². The van der Waals surface area contributed by atoms with Gasteiger partial charge in [0, 0.05) is 30.9 Å². The highest BCUT2D eigenvalue weighted by Gasteiger charge is 2.10. The average molecular weight is 278 g/mol. The monoisotopic (exact) mass is 277 g/mol. The molecule has 0 aliphatic rings. The van der Waals surface area contributed by atoms with Crippen LogP contribution in [0.2, 0.25) is 5.02 Å². The van der Waals surface area contributed by atoms with Gasteiger partial charge < -0.3 is 10.3 Å². The summed E-state index contributed by atoms with van der Waals surface area (Å²) in [6.45, 7) is 0.701. The van der Waals surface area contributed by atoms with Crippen molar-refractivity contribution in [3.8, 4) is 0 Å². The topological polar surface area (TPSA) is 43.8 Å². The van der Waals surface area contributed by atoms with Crippen molar-refractivity contribution in [2.75, 3.05) is 6.54 Å². The zero-order valence-electron chi connectivity index (χ0n) is 11.2. The van der Waals surface area contributed by atoms with Crippen molar-refractivity contribution in [2.24, 2.45) is 18.7 Å². The molecule has 0 radical (unpaired) electrons. The average Bonchev–Trinajstić information content (AvgIpc) is 2.82. The third kappa shape index (κ3) is 4.08. The van der Waals surface area contributed by atoms with E-state index < -0.39 is 0 Å². The van der Waals surface area contributed by atoms with Crippen LogP contribution < -0.4 is 5.73 Å². The SMILES string of the molecule is Cn1ccnc1CCC(CN)Cc1ccc(Cl)cc1. The number of halogens is 1. The van der Waals surface area contributed by atoms with Crippen LogP contribution in [0.5, 0.6) is 0 Å². The minimum Gasteiger partial charge on any atom is -0.338 e. The van der Waals surface area contributed by atoms with Gasteiger partial charge in [-0.3, -0.25) is 0 Å². The van der Waals surface area contributed by atoms with Crippen LogP contribution in [-0.4, -0.2) is 16.1 Å². The molecule has 4 heteroatoms. The number of rotatable bonds is 6. The minimum atomic E-state index is 0.484. The fourth-order valence-corrected chi connectivity index (χ4v) is 2.35. The Bertz CT molecular complexity index is 504. The van der Waals surface area contributed by atoms with Gasteiger partial charge in [0.25, 0.3) is 0 Å². The van der Waals surface area contributed by atoms with Crippen LogP contribution in [0.25, 0.3) is 0 Å². The van der Waals surface area contributed by atoms with E-state index in [1.54, 1.807) is 0 Å². The number of aryl methyl sites for hydroxylation is 2. The van der Waals surface area contributed by atoms with Gasteiger partial charge in [-0.1, -0.05) is 23.7 Å². The van der Waals surface area contributed by atoms with Crippen molar-refractivity contribution in [3.05, 3.63) is 53.1 Å². The van der Waals surface area contributed by atoms with Gasteiger partial charge in [-0.15, -0.1) is 0 Å². The maximum atomic E-state index is 5.89. The molecule has 2 aromatic rings. The Kier molecular flexibility index (Phi) is 5.00. The Morgan fingerprint density at radius 3 is 2.63 bits per heavy atom. The second-order valence-corrected chi connectivity index (χ2v) is 5.36. The van der Waals surface area contributed by atoms with E-state index in [2.05, 4.69) is 21.7 Å². The van der Waals surface area contributed by atoms with Gasteiger partial charge in [0.15, 0.2) is 0 Å². The van der Waals surface area contributed by atoms with Crippen LogP contribution in [0.3, 0.4) is 0 Å². The Labute approximate surface area is 119 Å². The quantitative estimate of drug-likeness (QED) is 0.882. The molecule has 0 spiro atoms. The number of imidazole rings is 1. The second-order valence-electron chi connectivity index (χ2n) is 4.93. The van der Waals surface area contributed by atoms with Crippen LogP contribution >= 0.6 is 11.6 Å². The van der Waals surface area contributed by atoms with Crippen molar-refractivity contribution in [1.82, 2.24) is 9.55 Å². The van der Waals surface area contributed by atoms with Crippen LogP contribution in [0, 0.1) is 5.92 Å². The molecule has 1 atom stereocenters. The summed E-state index contributed by atoms with van der Waals surface area (Å²) in [5.41, 5.74) is 7.17. The summed E-state index contributed by atoms with van der Waals surface area (Å²) in [6.07, 6.45) is 6.85. The Morgan fingerprint density at radius 1 is 1.32 bits per heavy atom. The first-order valence-electron chi connectivity index (χ1n) is 6.59. The summed E-state index contributed by atoms with van der Waals surface area (Å²) < 4.78 is 2.07. The number of benzene rings is 1. The molecule has 3 nitrogen and oxygen atoms in total. The summed E-state index contributed by atoms with van der Waals surface area (Å²) in [4.78, 5) is 4.35. The molecule has 1 heterocycles. The lowest BCUT2D eigenvalue weighted by Crippen LogP contribution is -2.18. The summed E-state index contributed by atoms with van der Waals surface area (Å²) in [7, 11) is 2.03. The van der Waals surface area contributed by atoms with Crippen molar-refractivity contribution in [3.63, 3.8) is 0 Å². The van der Waals surface area contributed by atoms with Gasteiger partial charge in [-0.2, -0.15) is 0 Å². The number of hydrogen-bond donors (Lipinski definition) is 1. The zero-order chi connectivity index (χ0) is 13.7. The molecule has 0 bridgehead atoms. The predicted octanol–water partition coefficient (Wildman–Crippen LogP) is 2.82. The molecule has 0 fully saturated rings. The molecule has 2 N–H and O–H groups in total. The first-order valence-corrected chi connectivity index (χ1v) is 6.97. The first kappa shape index (κ1) is 14.1. The van der Waals surface area contributed by atoms with E-state index in [0.717, 1.165) is 30.1 Å². The molecule has 0 saturated carbocycles. The van der Waals surface area contributed by atoms with E-state index >= 15 is 0 Å². The highest BCUT2D eigenvalue weighted by atomic mass is 35.5. The Hall–Kier alpha value is -1.32. The van der Waals surface area contributed by atoms with E-state index in [-0.39, 0.29) is 0 Å². The lowest BCUT2D eigenvalue weighted by molar-refractivity contribution is 0.484. The summed E-state index contributed by atoms with van der Waals surface area (Å²) >= 11 is 5.89. The van der Waals surface area contributed by atoms with E-state index in [1.165, 1.54) is 5.56 Å². The molecule has 0 saturated heterocycles. The fourth-order valence-electron chi connectivity index (χ4n) is 2.23. The minimum absolute atomic E-state index is 0.484. The smallest absolute Gasteiger partial charge is 0.108 e. The number of hydrogen-bond acceptors (Lipinski definition) is 2. The van der Waals surface area contributed by atoms with Gasteiger partial charge in [-0.25, -0.2) is 4.98 Å². The zero-order valence-corrected chi connectivity index (χ0v) is 12.0. The van der Waals surface area contributed by atoms with Crippen LogP contribution in [0.4, 0.5) is 0 Å². The molecule has 19 heavy (non-hydrogen) atoms. The van der Waals surface area contributed by atoms with E-state index in [9.17, 15) is 0 Å². The van der Waals surface area contributed by atoms with E-state index in [0.29, 0.717) is 12.5 Å². The third-order valence-electron chi connectivity index (χ3n) is 3.47. The maximum Gasteiger partial charge on any atom is 0.108 e. The summed E-state index contributed by atoms with van der Waals surface area (Å²) in [5.74, 6) is 1.60. The second kappa shape index (κ2) is 6.73. The Balaban J connectivity index is 1.90. The fraction of sp³-hybridized carbons (Fsp3) is 0.400. The van der Waals surface area contributed by atoms with Gasteiger partial charge in [0.1, 0.15) is 5.82 Å². The molecule has 102 valence electrons. The first-order chi connectivity index (χ1) is 9.19. The normalized spacial score (nSPS) is 12.6. The van der Waals surface area contributed by atoms with Crippen molar-refractivity contribution in [1.29, 1.82) is 0 Å². The Morgan fingerprint density at radius 2 is 2.05 bits per heavy atom. The number of nitrogens with two attached hydrogens (primary N) is 1. The van der Waals surface area contributed by atoms with Crippen LogP contribution in [0.1, 0.15) is 17.8 Å². The highest BCUT2D eigenvalue weighted by Crippen LogP contribution is 2.16. The summed E-state index contributed by atoms with van der Waals surface area (Å²) in [5, 5.41) is 0.779. The summed E-state index contributed by atoms with van der Waals surface area (Å²) in [6, 6.07) is 8.02. The van der Waals surface area contributed by atoms with E-state index in [1.807, 2.05) is 31.6 Å². The lowest BCUT2D eigenvalue weighted by Gasteiger charge is -2.14. The lowest BCUT2D eigenvalue weighted by atomic mass is 9.95.